The second kappa shape index (κ2) is 6.88. The van der Waals surface area contributed by atoms with E-state index in [4.69, 9.17) is 5.73 Å². The number of hydrogen-bond donors (Lipinski definition) is 2. The molecule has 3 N–H and O–H groups in total. The summed E-state index contributed by atoms with van der Waals surface area (Å²) in [5, 5.41) is 0. The van der Waals surface area contributed by atoms with E-state index in [9.17, 15) is 16.8 Å². The van der Waals surface area contributed by atoms with E-state index in [1.165, 1.54) is 18.2 Å². The fraction of sp³-hybridized carbons (Fsp3) is 0.600. The van der Waals surface area contributed by atoms with Crippen molar-refractivity contribution in [2.24, 2.45) is 11.7 Å². The first-order valence-electron chi connectivity index (χ1n) is 7.68. The smallest absolute Gasteiger partial charge is 0.241 e. The van der Waals surface area contributed by atoms with Crippen LogP contribution in [0.15, 0.2) is 28.0 Å². The van der Waals surface area contributed by atoms with Crippen molar-refractivity contribution in [2.45, 2.75) is 48.4 Å². The minimum Gasteiger partial charge on any atom is -0.330 e. The van der Waals surface area contributed by atoms with Gasteiger partial charge < -0.3 is 5.73 Å². The molecule has 1 aliphatic carbocycles. The minimum atomic E-state index is -3.79. The van der Waals surface area contributed by atoms with Crippen LogP contribution in [-0.2, 0) is 19.9 Å². The summed E-state index contributed by atoms with van der Waals surface area (Å²) >= 11 is 0. The first-order chi connectivity index (χ1) is 10.6. The molecule has 2 atom stereocenters. The zero-order valence-corrected chi connectivity index (χ0v) is 15.1. The second-order valence-electron chi connectivity index (χ2n) is 6.21. The molecule has 0 bridgehead atoms. The van der Waals surface area contributed by atoms with Crippen LogP contribution in [0.4, 0.5) is 0 Å². The third kappa shape index (κ3) is 4.32. The van der Waals surface area contributed by atoms with E-state index in [1.807, 2.05) is 0 Å². The van der Waals surface area contributed by atoms with E-state index in [2.05, 4.69) is 4.72 Å². The summed E-state index contributed by atoms with van der Waals surface area (Å²) in [6.07, 6.45) is 4.75. The van der Waals surface area contributed by atoms with Crippen molar-refractivity contribution in [1.29, 1.82) is 0 Å². The Morgan fingerprint density at radius 2 is 1.83 bits per heavy atom. The first-order valence-corrected chi connectivity index (χ1v) is 11.1. The first kappa shape index (κ1) is 18.4. The van der Waals surface area contributed by atoms with Gasteiger partial charge in [-0.25, -0.2) is 21.6 Å². The van der Waals surface area contributed by atoms with E-state index < -0.39 is 19.9 Å². The molecular formula is C15H24N2O4S2. The summed E-state index contributed by atoms with van der Waals surface area (Å²) in [6, 6.07) is 3.98. The lowest BCUT2D eigenvalue weighted by Crippen LogP contribution is -2.44. The average molecular weight is 361 g/mol. The molecule has 2 rings (SSSR count). The van der Waals surface area contributed by atoms with Crippen LogP contribution in [0.2, 0.25) is 0 Å². The number of sulfonamides is 1. The van der Waals surface area contributed by atoms with Crippen molar-refractivity contribution < 1.29 is 16.8 Å². The van der Waals surface area contributed by atoms with Crippen LogP contribution in [-0.4, -0.2) is 35.7 Å². The van der Waals surface area contributed by atoms with Crippen LogP contribution in [0.3, 0.4) is 0 Å². The van der Waals surface area contributed by atoms with E-state index in [0.717, 1.165) is 31.9 Å². The van der Waals surface area contributed by atoms with E-state index in [-0.39, 0.29) is 21.8 Å². The predicted octanol–water partition coefficient (Wildman–Crippen LogP) is 1.19. The molecule has 1 aromatic carbocycles. The molecule has 0 amide bonds. The fourth-order valence-corrected chi connectivity index (χ4v) is 5.34. The van der Waals surface area contributed by atoms with Gasteiger partial charge in [-0.15, -0.1) is 0 Å². The molecule has 130 valence electrons. The van der Waals surface area contributed by atoms with Gasteiger partial charge >= 0.3 is 0 Å². The summed E-state index contributed by atoms with van der Waals surface area (Å²) in [5.74, 6) is 0.122. The molecule has 0 aromatic heterocycles. The summed E-state index contributed by atoms with van der Waals surface area (Å²) in [7, 11) is -7.25. The van der Waals surface area contributed by atoms with Gasteiger partial charge in [0.15, 0.2) is 9.84 Å². The summed E-state index contributed by atoms with van der Waals surface area (Å²) in [6.45, 7) is 2.09. The van der Waals surface area contributed by atoms with Crippen LogP contribution in [0.1, 0.15) is 31.2 Å². The molecule has 0 aliphatic heterocycles. The average Bonchev–Trinajstić information content (AvgIpc) is 2.46. The summed E-state index contributed by atoms with van der Waals surface area (Å²) < 4.78 is 51.5. The Labute approximate surface area is 138 Å². The van der Waals surface area contributed by atoms with Gasteiger partial charge in [-0.05, 0) is 49.9 Å². The number of hydrogen-bond acceptors (Lipinski definition) is 5. The monoisotopic (exact) mass is 360 g/mol. The number of rotatable bonds is 5. The van der Waals surface area contributed by atoms with Crippen molar-refractivity contribution in [1.82, 2.24) is 4.72 Å². The lowest BCUT2D eigenvalue weighted by atomic mass is 9.85. The van der Waals surface area contributed by atoms with Crippen LogP contribution < -0.4 is 10.5 Å². The molecule has 6 nitrogen and oxygen atoms in total. The molecule has 23 heavy (non-hydrogen) atoms. The molecule has 0 spiro atoms. The Balaban J connectivity index is 2.36. The Morgan fingerprint density at radius 3 is 2.43 bits per heavy atom. The summed E-state index contributed by atoms with van der Waals surface area (Å²) in [4.78, 5) is 0.0178. The zero-order valence-electron chi connectivity index (χ0n) is 13.4. The van der Waals surface area contributed by atoms with E-state index >= 15 is 0 Å². The highest BCUT2D eigenvalue weighted by Crippen LogP contribution is 2.26. The molecule has 0 saturated heterocycles. The normalized spacial score (nSPS) is 22.9. The maximum Gasteiger partial charge on any atom is 0.241 e. The molecule has 0 heterocycles. The van der Waals surface area contributed by atoms with Crippen molar-refractivity contribution in [3.63, 3.8) is 0 Å². The highest BCUT2D eigenvalue weighted by molar-refractivity contribution is 7.91. The minimum absolute atomic E-state index is 0.00231. The number of aryl methyl sites for hydroxylation is 1. The van der Waals surface area contributed by atoms with Gasteiger partial charge in [0.25, 0.3) is 0 Å². The van der Waals surface area contributed by atoms with E-state index in [1.54, 1.807) is 6.92 Å². The molecule has 8 heteroatoms. The van der Waals surface area contributed by atoms with Crippen molar-refractivity contribution in [3.05, 3.63) is 23.8 Å². The number of nitrogens with one attached hydrogen (secondary N) is 1. The van der Waals surface area contributed by atoms with Crippen LogP contribution >= 0.6 is 0 Å². The lowest BCUT2D eigenvalue weighted by molar-refractivity contribution is 0.296. The predicted molar refractivity (Wildman–Crippen MR) is 89.4 cm³/mol. The van der Waals surface area contributed by atoms with E-state index in [0.29, 0.717) is 12.1 Å². The highest BCUT2D eigenvalue weighted by Gasteiger charge is 2.29. The van der Waals surface area contributed by atoms with Crippen molar-refractivity contribution in [2.75, 3.05) is 12.8 Å². The Morgan fingerprint density at radius 1 is 1.17 bits per heavy atom. The van der Waals surface area contributed by atoms with Gasteiger partial charge in [-0.3, -0.25) is 0 Å². The molecule has 1 aliphatic rings. The largest absolute Gasteiger partial charge is 0.330 e. The molecule has 1 aromatic rings. The maximum atomic E-state index is 12.7. The van der Waals surface area contributed by atoms with Gasteiger partial charge in [0.05, 0.1) is 9.79 Å². The summed E-state index contributed by atoms with van der Waals surface area (Å²) in [5.41, 5.74) is 6.27. The zero-order chi connectivity index (χ0) is 17.3. The Bertz CT molecular complexity index is 773. The lowest BCUT2D eigenvalue weighted by Gasteiger charge is -2.31. The molecular weight excluding hydrogens is 336 g/mol. The Kier molecular flexibility index (Phi) is 5.50. The third-order valence-electron chi connectivity index (χ3n) is 4.40. The topological polar surface area (TPSA) is 106 Å². The SMILES string of the molecule is Cc1ccc(S(C)(=O)=O)cc1S(=O)(=O)N[C@@H]1CCCC[C@H]1CN. The van der Waals surface area contributed by atoms with Crippen LogP contribution in [0.5, 0.6) is 0 Å². The Hall–Kier alpha value is -0.960. The molecule has 0 radical (unpaired) electrons. The van der Waals surface area contributed by atoms with Gasteiger partial charge in [0.2, 0.25) is 10.0 Å². The number of sulfone groups is 1. The maximum absolute atomic E-state index is 12.7. The van der Waals surface area contributed by atoms with Crippen molar-refractivity contribution >= 4 is 19.9 Å². The van der Waals surface area contributed by atoms with Gasteiger partial charge in [-0.2, -0.15) is 0 Å². The van der Waals surface area contributed by atoms with Crippen LogP contribution in [0, 0.1) is 12.8 Å². The second-order valence-corrected chi connectivity index (χ2v) is 9.91. The van der Waals surface area contributed by atoms with Gasteiger partial charge in [0, 0.05) is 12.3 Å². The highest BCUT2D eigenvalue weighted by atomic mass is 32.2. The number of benzene rings is 1. The van der Waals surface area contributed by atoms with Gasteiger partial charge in [0.1, 0.15) is 0 Å². The fourth-order valence-electron chi connectivity index (χ4n) is 3.01. The third-order valence-corrected chi connectivity index (χ3v) is 7.14. The standard InChI is InChI=1S/C15H24N2O4S2/c1-11-7-8-13(22(2,18)19)9-15(11)23(20,21)17-14-6-4-3-5-12(14)10-16/h7-9,12,14,17H,3-6,10,16H2,1-2H3/t12-,14+/m0/s1. The van der Waals surface area contributed by atoms with Gasteiger partial charge in [-0.1, -0.05) is 18.9 Å². The van der Waals surface area contributed by atoms with Crippen molar-refractivity contribution in [3.8, 4) is 0 Å². The quantitative estimate of drug-likeness (QED) is 0.820. The molecule has 1 saturated carbocycles. The number of nitrogens with two attached hydrogens (primary N) is 1. The van der Waals surface area contributed by atoms with Crippen LogP contribution in [0.25, 0.3) is 0 Å². The molecule has 1 fully saturated rings. The molecule has 0 unspecified atom stereocenters.